The fourth-order valence-corrected chi connectivity index (χ4v) is 2.06. The number of guanidine groups is 1. The van der Waals surface area contributed by atoms with Gasteiger partial charge in [0.2, 0.25) is 0 Å². The first kappa shape index (κ1) is 12.3. The quantitative estimate of drug-likeness (QED) is 0.552. The lowest BCUT2D eigenvalue weighted by atomic mass is 10.2. The van der Waals surface area contributed by atoms with Crippen molar-refractivity contribution in [3.63, 3.8) is 0 Å². The minimum Gasteiger partial charge on any atom is -0.370 e. The van der Waals surface area contributed by atoms with E-state index in [0.717, 1.165) is 19.6 Å². The van der Waals surface area contributed by atoms with Gasteiger partial charge in [-0.1, -0.05) is 0 Å². The van der Waals surface area contributed by atoms with Crippen LogP contribution in [0.3, 0.4) is 0 Å². The van der Waals surface area contributed by atoms with E-state index >= 15 is 0 Å². The average molecular weight is 212 g/mol. The number of aliphatic imine (C=N–C) groups is 1. The van der Waals surface area contributed by atoms with Crippen LogP contribution in [0.2, 0.25) is 0 Å². The van der Waals surface area contributed by atoms with E-state index in [1.807, 2.05) is 0 Å². The summed E-state index contributed by atoms with van der Waals surface area (Å²) in [5.74, 6) is 0.695. The summed E-state index contributed by atoms with van der Waals surface area (Å²) in [6.07, 6.45) is 2.55. The van der Waals surface area contributed by atoms with Gasteiger partial charge in [-0.15, -0.1) is 0 Å². The summed E-state index contributed by atoms with van der Waals surface area (Å²) in [6, 6.07) is 0.596. The Morgan fingerprint density at radius 1 is 1.47 bits per heavy atom. The highest BCUT2D eigenvalue weighted by molar-refractivity contribution is 5.78. The Balaban J connectivity index is 2.41. The highest BCUT2D eigenvalue weighted by Crippen LogP contribution is 2.14. The minimum absolute atomic E-state index is 0.596. The molecule has 1 fully saturated rings. The molecule has 0 spiro atoms. The number of nitrogens with zero attached hydrogens (tertiary/aromatic N) is 3. The highest BCUT2D eigenvalue weighted by Gasteiger charge is 2.20. The molecule has 1 saturated heterocycles. The van der Waals surface area contributed by atoms with Gasteiger partial charge in [0.1, 0.15) is 0 Å². The number of hydrogen-bond donors (Lipinski definition) is 1. The Kier molecular flexibility index (Phi) is 4.88. The van der Waals surface area contributed by atoms with E-state index in [1.54, 1.807) is 0 Å². The largest absolute Gasteiger partial charge is 0.370 e. The highest BCUT2D eigenvalue weighted by atomic mass is 15.3. The molecule has 0 radical (unpaired) electrons. The van der Waals surface area contributed by atoms with Crippen LogP contribution < -0.4 is 5.73 Å². The SMILES string of the molecule is CCN(CC)C(N)=NCC1CCCN1C. The molecule has 1 heterocycles. The molecular weight excluding hydrogens is 188 g/mol. The predicted molar refractivity (Wildman–Crippen MR) is 65.1 cm³/mol. The van der Waals surface area contributed by atoms with Gasteiger partial charge in [-0.2, -0.15) is 0 Å². The molecule has 0 bridgehead atoms. The van der Waals surface area contributed by atoms with Crippen molar-refractivity contribution in [1.29, 1.82) is 0 Å². The molecule has 1 atom stereocenters. The molecule has 4 nitrogen and oxygen atoms in total. The molecule has 1 unspecified atom stereocenters. The van der Waals surface area contributed by atoms with Gasteiger partial charge in [0.25, 0.3) is 0 Å². The zero-order valence-electron chi connectivity index (χ0n) is 10.2. The number of rotatable bonds is 4. The van der Waals surface area contributed by atoms with E-state index in [4.69, 9.17) is 5.73 Å². The van der Waals surface area contributed by atoms with Crippen molar-refractivity contribution in [2.45, 2.75) is 32.7 Å². The Hall–Kier alpha value is -0.770. The van der Waals surface area contributed by atoms with Gasteiger partial charge in [-0.3, -0.25) is 4.99 Å². The van der Waals surface area contributed by atoms with Crippen molar-refractivity contribution in [3.8, 4) is 0 Å². The molecule has 2 N–H and O–H groups in total. The van der Waals surface area contributed by atoms with Crippen molar-refractivity contribution >= 4 is 5.96 Å². The van der Waals surface area contributed by atoms with Gasteiger partial charge in [0.15, 0.2) is 5.96 Å². The third kappa shape index (κ3) is 3.38. The summed E-state index contributed by atoms with van der Waals surface area (Å²) in [5.41, 5.74) is 5.92. The van der Waals surface area contributed by atoms with Crippen molar-refractivity contribution in [1.82, 2.24) is 9.80 Å². The fraction of sp³-hybridized carbons (Fsp3) is 0.909. The first-order valence-electron chi connectivity index (χ1n) is 5.94. The predicted octanol–water partition coefficient (Wildman–Crippen LogP) is 0.737. The monoisotopic (exact) mass is 212 g/mol. The summed E-state index contributed by atoms with van der Waals surface area (Å²) in [7, 11) is 2.17. The van der Waals surface area contributed by atoms with Crippen molar-refractivity contribution < 1.29 is 0 Å². The molecule has 1 aliphatic heterocycles. The lowest BCUT2D eigenvalue weighted by Crippen LogP contribution is -2.38. The lowest BCUT2D eigenvalue weighted by molar-refractivity contribution is 0.316. The van der Waals surface area contributed by atoms with Gasteiger partial charge < -0.3 is 15.5 Å². The van der Waals surface area contributed by atoms with Gasteiger partial charge in [0, 0.05) is 19.1 Å². The number of likely N-dealkylation sites (tertiary alicyclic amines) is 1. The van der Waals surface area contributed by atoms with Crippen LogP contribution in [-0.2, 0) is 0 Å². The van der Waals surface area contributed by atoms with E-state index in [1.165, 1.54) is 19.4 Å². The van der Waals surface area contributed by atoms with E-state index in [0.29, 0.717) is 12.0 Å². The lowest BCUT2D eigenvalue weighted by Gasteiger charge is -2.21. The zero-order chi connectivity index (χ0) is 11.3. The molecule has 88 valence electrons. The smallest absolute Gasteiger partial charge is 0.191 e. The zero-order valence-corrected chi connectivity index (χ0v) is 10.2. The molecule has 0 aromatic rings. The Bertz CT molecular complexity index is 211. The molecule has 0 aliphatic carbocycles. The molecular formula is C11H24N4. The Morgan fingerprint density at radius 2 is 2.13 bits per heavy atom. The third-order valence-electron chi connectivity index (χ3n) is 3.22. The van der Waals surface area contributed by atoms with Crippen molar-refractivity contribution in [3.05, 3.63) is 0 Å². The topological polar surface area (TPSA) is 44.9 Å². The van der Waals surface area contributed by atoms with E-state index in [9.17, 15) is 0 Å². The molecule has 1 rings (SSSR count). The molecule has 1 aliphatic rings. The van der Waals surface area contributed by atoms with E-state index in [-0.39, 0.29) is 0 Å². The fourth-order valence-electron chi connectivity index (χ4n) is 2.06. The minimum atomic E-state index is 0.596. The second-order valence-electron chi connectivity index (χ2n) is 4.15. The van der Waals surface area contributed by atoms with Crippen LogP contribution in [0.1, 0.15) is 26.7 Å². The summed E-state index contributed by atoms with van der Waals surface area (Å²) in [4.78, 5) is 8.94. The average Bonchev–Trinajstić information content (AvgIpc) is 2.63. The Morgan fingerprint density at radius 3 is 2.60 bits per heavy atom. The summed E-state index contributed by atoms with van der Waals surface area (Å²) < 4.78 is 0. The van der Waals surface area contributed by atoms with Crippen LogP contribution in [0.25, 0.3) is 0 Å². The first-order valence-corrected chi connectivity index (χ1v) is 5.94. The molecule has 0 aromatic carbocycles. The van der Waals surface area contributed by atoms with E-state index in [2.05, 4.69) is 35.7 Å². The summed E-state index contributed by atoms with van der Waals surface area (Å²) in [6.45, 7) is 8.13. The van der Waals surface area contributed by atoms with Gasteiger partial charge in [0.05, 0.1) is 6.54 Å². The normalized spacial score (nSPS) is 23.4. The van der Waals surface area contributed by atoms with Gasteiger partial charge in [-0.05, 0) is 40.3 Å². The summed E-state index contributed by atoms with van der Waals surface area (Å²) >= 11 is 0. The van der Waals surface area contributed by atoms with Gasteiger partial charge >= 0.3 is 0 Å². The summed E-state index contributed by atoms with van der Waals surface area (Å²) in [5, 5.41) is 0. The number of hydrogen-bond acceptors (Lipinski definition) is 2. The molecule has 0 amide bonds. The molecule has 4 heteroatoms. The maximum absolute atomic E-state index is 5.92. The van der Waals surface area contributed by atoms with Crippen molar-refractivity contribution in [2.75, 3.05) is 33.2 Å². The van der Waals surface area contributed by atoms with Crippen LogP contribution in [0.15, 0.2) is 4.99 Å². The van der Waals surface area contributed by atoms with Gasteiger partial charge in [-0.25, -0.2) is 0 Å². The van der Waals surface area contributed by atoms with E-state index < -0.39 is 0 Å². The van der Waals surface area contributed by atoms with Crippen LogP contribution >= 0.6 is 0 Å². The van der Waals surface area contributed by atoms with Crippen LogP contribution in [-0.4, -0.2) is 55.0 Å². The van der Waals surface area contributed by atoms with Crippen LogP contribution in [0.4, 0.5) is 0 Å². The first-order chi connectivity index (χ1) is 7.19. The van der Waals surface area contributed by atoms with Crippen LogP contribution in [0, 0.1) is 0 Å². The number of nitrogens with two attached hydrogens (primary N) is 1. The maximum Gasteiger partial charge on any atom is 0.191 e. The molecule has 0 aromatic heterocycles. The second kappa shape index (κ2) is 5.95. The Labute approximate surface area is 93.1 Å². The molecule has 0 saturated carbocycles. The van der Waals surface area contributed by atoms with Crippen LogP contribution in [0.5, 0.6) is 0 Å². The maximum atomic E-state index is 5.92. The number of likely N-dealkylation sites (N-methyl/N-ethyl adjacent to an activating group) is 1. The molecule has 15 heavy (non-hydrogen) atoms. The standard InChI is InChI=1S/C11H24N4/c1-4-15(5-2)11(12)13-9-10-7-6-8-14(10)3/h10H,4-9H2,1-3H3,(H2,12,13). The third-order valence-corrected chi connectivity index (χ3v) is 3.22. The second-order valence-corrected chi connectivity index (χ2v) is 4.15. The van der Waals surface area contributed by atoms with Crippen molar-refractivity contribution in [2.24, 2.45) is 10.7 Å².